The fraction of sp³-hybridized carbons (Fsp3) is 0.310. The Hall–Kier alpha value is -3.60. The molecule has 3 aromatic carbocycles. The van der Waals surface area contributed by atoms with Gasteiger partial charge in [0.25, 0.3) is 5.91 Å². The molecule has 5 atom stereocenters. The highest BCUT2D eigenvalue weighted by molar-refractivity contribution is 6.08. The van der Waals surface area contributed by atoms with Crippen molar-refractivity contribution < 1.29 is 14.3 Å². The van der Waals surface area contributed by atoms with Crippen LogP contribution in [0, 0.1) is 17.8 Å². The van der Waals surface area contributed by atoms with E-state index in [9.17, 15) is 9.59 Å². The molecule has 0 spiro atoms. The third-order valence-electron chi connectivity index (χ3n) is 8.09. The lowest BCUT2D eigenvalue weighted by atomic mass is 9.68. The summed E-state index contributed by atoms with van der Waals surface area (Å²) in [6.07, 6.45) is 3.86. The first kappa shape index (κ1) is 21.0. The number of hydrogen-bond donors (Lipinski definition) is 2. The molecular weight excluding hydrogens is 424 g/mol. The number of ether oxygens (including phenoxy) is 1. The zero-order valence-electron chi connectivity index (χ0n) is 19.2. The van der Waals surface area contributed by atoms with Gasteiger partial charge in [-0.3, -0.25) is 4.79 Å². The predicted molar refractivity (Wildman–Crippen MR) is 132 cm³/mol. The SMILES string of the molecule is COC(=O)c1ccccc1NC(=O)c1ccc2c(c1)[C@@H]1[C@H]3CC[C@@H](C3)[C@H]1[C@@H](c1ccccc1)N2. The van der Waals surface area contributed by atoms with E-state index in [1.54, 1.807) is 24.3 Å². The molecule has 1 heterocycles. The Kier molecular flexibility index (Phi) is 5.13. The van der Waals surface area contributed by atoms with Gasteiger partial charge in [0, 0.05) is 11.3 Å². The Bertz CT molecular complexity index is 1260. The maximum Gasteiger partial charge on any atom is 0.339 e. The van der Waals surface area contributed by atoms with E-state index in [1.807, 2.05) is 6.07 Å². The van der Waals surface area contributed by atoms with Crippen molar-refractivity contribution in [1.82, 2.24) is 0 Å². The van der Waals surface area contributed by atoms with Crippen molar-refractivity contribution >= 4 is 23.3 Å². The van der Waals surface area contributed by atoms with Gasteiger partial charge in [-0.05, 0) is 84.4 Å². The van der Waals surface area contributed by atoms with Crippen molar-refractivity contribution in [1.29, 1.82) is 0 Å². The number of anilines is 2. The van der Waals surface area contributed by atoms with Crippen molar-refractivity contribution in [3.8, 4) is 0 Å². The lowest BCUT2D eigenvalue weighted by Gasteiger charge is -2.43. The third-order valence-corrected chi connectivity index (χ3v) is 8.09. The van der Waals surface area contributed by atoms with Crippen LogP contribution in [0.4, 0.5) is 11.4 Å². The lowest BCUT2D eigenvalue weighted by molar-refractivity contribution is 0.0602. The molecule has 1 aliphatic heterocycles. The largest absolute Gasteiger partial charge is 0.465 e. The highest BCUT2D eigenvalue weighted by Gasteiger charge is 2.53. The molecule has 0 radical (unpaired) electrons. The van der Waals surface area contributed by atoms with E-state index in [0.29, 0.717) is 40.6 Å². The summed E-state index contributed by atoms with van der Waals surface area (Å²) in [7, 11) is 1.34. The highest BCUT2D eigenvalue weighted by Crippen LogP contribution is 2.63. The summed E-state index contributed by atoms with van der Waals surface area (Å²) in [6.45, 7) is 0. The summed E-state index contributed by atoms with van der Waals surface area (Å²) in [5.41, 5.74) is 5.15. The number of benzene rings is 3. The van der Waals surface area contributed by atoms with Crippen molar-refractivity contribution in [2.24, 2.45) is 17.8 Å². The minimum absolute atomic E-state index is 0.218. The maximum atomic E-state index is 13.2. The molecule has 6 rings (SSSR count). The Labute approximate surface area is 199 Å². The molecule has 3 aliphatic rings. The lowest BCUT2D eigenvalue weighted by Crippen LogP contribution is -2.35. The second-order valence-corrected chi connectivity index (χ2v) is 9.76. The molecule has 2 bridgehead atoms. The first-order valence-electron chi connectivity index (χ1n) is 12.1. The van der Waals surface area contributed by atoms with Gasteiger partial charge in [-0.1, -0.05) is 42.5 Å². The van der Waals surface area contributed by atoms with Crippen molar-refractivity contribution in [3.63, 3.8) is 0 Å². The summed E-state index contributed by atoms with van der Waals surface area (Å²) in [5, 5.41) is 6.74. The average Bonchev–Trinajstić information content (AvgIpc) is 3.51. The van der Waals surface area contributed by atoms with Crippen LogP contribution in [0.25, 0.3) is 0 Å². The van der Waals surface area contributed by atoms with E-state index < -0.39 is 5.97 Å². The Morgan fingerprint density at radius 2 is 1.71 bits per heavy atom. The quantitative estimate of drug-likeness (QED) is 0.475. The molecule has 172 valence electrons. The number of carbonyl (C=O) groups excluding carboxylic acids is 2. The molecule has 2 fully saturated rings. The average molecular weight is 453 g/mol. The van der Waals surface area contributed by atoms with Gasteiger partial charge in [0.05, 0.1) is 24.4 Å². The molecule has 2 aliphatic carbocycles. The molecule has 1 amide bonds. The molecule has 3 aromatic rings. The van der Waals surface area contributed by atoms with Gasteiger partial charge in [0.15, 0.2) is 0 Å². The van der Waals surface area contributed by atoms with Crippen LogP contribution in [-0.4, -0.2) is 19.0 Å². The second kappa shape index (κ2) is 8.32. The minimum Gasteiger partial charge on any atom is -0.465 e. The summed E-state index contributed by atoms with van der Waals surface area (Å²) >= 11 is 0. The topological polar surface area (TPSA) is 67.4 Å². The molecule has 0 unspecified atom stereocenters. The van der Waals surface area contributed by atoms with Crippen LogP contribution in [0.2, 0.25) is 0 Å². The highest BCUT2D eigenvalue weighted by atomic mass is 16.5. The standard InChI is InChI=1S/C29H28N2O3/c1-34-29(33)21-9-5-6-10-23(21)31-28(32)20-13-14-24-22(16-20)25-18-11-12-19(15-18)26(25)27(30-24)17-7-3-2-4-8-17/h2-10,13-14,16,18-19,25-27,30H,11-12,15H2,1H3,(H,31,32)/t18-,19-,25-,26+,27+/m0/s1. The van der Waals surface area contributed by atoms with Gasteiger partial charge in [0.2, 0.25) is 0 Å². The molecular formula is C29H28N2O3. The van der Waals surface area contributed by atoms with Gasteiger partial charge in [-0.15, -0.1) is 0 Å². The summed E-state index contributed by atoms with van der Waals surface area (Å²) < 4.78 is 4.86. The summed E-state index contributed by atoms with van der Waals surface area (Å²) in [4.78, 5) is 25.3. The number of hydrogen-bond acceptors (Lipinski definition) is 4. The first-order valence-corrected chi connectivity index (χ1v) is 12.1. The smallest absolute Gasteiger partial charge is 0.339 e. The van der Waals surface area contributed by atoms with E-state index in [0.717, 1.165) is 11.6 Å². The van der Waals surface area contributed by atoms with Crippen molar-refractivity contribution in [2.75, 3.05) is 17.7 Å². The number of fused-ring (bicyclic) bond motifs is 7. The molecule has 0 saturated heterocycles. The number of carbonyl (C=O) groups is 2. The number of methoxy groups -OCH3 is 1. The van der Waals surface area contributed by atoms with Crippen LogP contribution in [-0.2, 0) is 4.74 Å². The van der Waals surface area contributed by atoms with Crippen LogP contribution in [0.1, 0.15) is 63.1 Å². The number of amides is 1. The number of nitrogens with one attached hydrogen (secondary N) is 2. The fourth-order valence-corrected chi connectivity index (χ4v) is 6.69. The van der Waals surface area contributed by atoms with Crippen LogP contribution < -0.4 is 10.6 Å². The molecule has 2 N–H and O–H groups in total. The molecule has 0 aromatic heterocycles. The first-order chi connectivity index (χ1) is 16.6. The molecule has 5 heteroatoms. The van der Waals surface area contributed by atoms with E-state index in [2.05, 4.69) is 53.1 Å². The van der Waals surface area contributed by atoms with Crippen molar-refractivity contribution in [2.45, 2.75) is 31.2 Å². The Morgan fingerprint density at radius 3 is 2.53 bits per heavy atom. The Balaban J connectivity index is 1.33. The van der Waals surface area contributed by atoms with Crippen LogP contribution >= 0.6 is 0 Å². The second-order valence-electron chi connectivity index (χ2n) is 9.76. The van der Waals surface area contributed by atoms with E-state index in [-0.39, 0.29) is 5.91 Å². The van der Waals surface area contributed by atoms with Gasteiger partial charge in [-0.25, -0.2) is 4.79 Å². The molecule has 2 saturated carbocycles. The monoisotopic (exact) mass is 452 g/mol. The minimum atomic E-state index is -0.470. The maximum absolute atomic E-state index is 13.2. The van der Waals surface area contributed by atoms with Crippen LogP contribution in [0.15, 0.2) is 72.8 Å². The van der Waals surface area contributed by atoms with E-state index >= 15 is 0 Å². The zero-order valence-corrected chi connectivity index (χ0v) is 19.2. The predicted octanol–water partition coefficient (Wildman–Crippen LogP) is 6.02. The third kappa shape index (κ3) is 3.38. The van der Waals surface area contributed by atoms with E-state index in [1.165, 1.54) is 37.5 Å². The van der Waals surface area contributed by atoms with Gasteiger partial charge in [0.1, 0.15) is 0 Å². The molecule has 5 nitrogen and oxygen atoms in total. The Morgan fingerprint density at radius 1 is 0.941 bits per heavy atom. The summed E-state index contributed by atoms with van der Waals surface area (Å²) in [5.74, 6) is 1.74. The van der Waals surface area contributed by atoms with Gasteiger partial charge >= 0.3 is 5.97 Å². The normalized spacial score (nSPS) is 26.2. The summed E-state index contributed by atoms with van der Waals surface area (Å²) in [6, 6.07) is 24.0. The fourth-order valence-electron chi connectivity index (χ4n) is 6.69. The number of esters is 1. The number of para-hydroxylation sites is 1. The number of rotatable bonds is 4. The zero-order chi connectivity index (χ0) is 23.2. The molecule has 34 heavy (non-hydrogen) atoms. The van der Waals surface area contributed by atoms with Crippen molar-refractivity contribution in [3.05, 3.63) is 95.1 Å². The van der Waals surface area contributed by atoms with Gasteiger partial charge in [-0.2, -0.15) is 0 Å². The van der Waals surface area contributed by atoms with Gasteiger partial charge < -0.3 is 15.4 Å². The van der Waals surface area contributed by atoms with E-state index in [4.69, 9.17) is 4.74 Å². The van der Waals surface area contributed by atoms with Crippen LogP contribution in [0.3, 0.4) is 0 Å². The van der Waals surface area contributed by atoms with Crippen LogP contribution in [0.5, 0.6) is 0 Å².